The van der Waals surface area contributed by atoms with Crippen molar-refractivity contribution in [2.45, 2.75) is 45.6 Å². The highest BCUT2D eigenvalue weighted by molar-refractivity contribution is 5.86. The Morgan fingerprint density at radius 1 is 1.18 bits per heavy atom. The first kappa shape index (κ1) is 18.6. The van der Waals surface area contributed by atoms with Crippen molar-refractivity contribution in [3.63, 3.8) is 0 Å². The van der Waals surface area contributed by atoms with Crippen molar-refractivity contribution >= 4 is 16.8 Å². The van der Waals surface area contributed by atoms with Crippen LogP contribution in [0.4, 0.5) is 4.39 Å². The molecule has 4 rings (SSSR count). The van der Waals surface area contributed by atoms with Crippen molar-refractivity contribution in [3.8, 4) is 0 Å². The van der Waals surface area contributed by atoms with E-state index in [1.165, 1.54) is 6.07 Å². The number of rotatable bonds is 4. The van der Waals surface area contributed by atoms with Crippen LogP contribution in [0.2, 0.25) is 0 Å². The van der Waals surface area contributed by atoms with Crippen LogP contribution in [0.25, 0.3) is 10.9 Å². The van der Waals surface area contributed by atoms with Crippen molar-refractivity contribution in [1.29, 1.82) is 0 Å². The molecule has 0 radical (unpaired) electrons. The van der Waals surface area contributed by atoms with Gasteiger partial charge in [0.1, 0.15) is 5.82 Å². The zero-order chi connectivity index (χ0) is 19.7. The van der Waals surface area contributed by atoms with E-state index in [9.17, 15) is 9.18 Å². The fourth-order valence-electron chi connectivity index (χ4n) is 4.40. The zero-order valence-electron chi connectivity index (χ0n) is 16.4. The van der Waals surface area contributed by atoms with Crippen LogP contribution in [0.3, 0.4) is 0 Å². The van der Waals surface area contributed by atoms with E-state index in [1.54, 1.807) is 12.1 Å². The fraction of sp³-hybridized carbons (Fsp3) is 0.333. The molecule has 1 unspecified atom stereocenters. The minimum absolute atomic E-state index is 0.141. The molecule has 144 valence electrons. The third kappa shape index (κ3) is 3.64. The van der Waals surface area contributed by atoms with E-state index in [0.717, 1.165) is 52.7 Å². The lowest BCUT2D eigenvalue weighted by atomic mass is 9.98. The van der Waals surface area contributed by atoms with Crippen molar-refractivity contribution in [3.05, 3.63) is 76.7 Å². The third-order valence-corrected chi connectivity index (χ3v) is 5.87. The molecule has 1 atom stereocenters. The number of para-hydroxylation sites is 1. The number of aromatic nitrogens is 1. The van der Waals surface area contributed by atoms with E-state index in [0.29, 0.717) is 12.8 Å². The minimum atomic E-state index is -0.220. The number of carbonyl (C=O) groups is 1. The molecule has 0 bridgehead atoms. The summed E-state index contributed by atoms with van der Waals surface area (Å²) in [4.78, 5) is 19.8. The summed E-state index contributed by atoms with van der Waals surface area (Å²) in [5, 5.41) is 1.11. The fourth-order valence-corrected chi connectivity index (χ4v) is 4.40. The molecule has 0 saturated carbocycles. The molecule has 0 N–H and O–H groups in total. The standard InChI is InChI=1S/C24H25FN2O/c1-16-21-10-3-4-11-23(21)26-17(2)22(16)15-24(28)27-12-6-9-20(27)14-18-7-5-8-19(25)13-18/h3-5,7-8,10-11,13,20H,6,9,12,14-15H2,1-2H3. The SMILES string of the molecule is Cc1nc2ccccc2c(C)c1CC(=O)N1CCCC1Cc1cccc(F)c1. The van der Waals surface area contributed by atoms with Gasteiger partial charge >= 0.3 is 0 Å². The maximum absolute atomic E-state index is 13.5. The number of nitrogens with zero attached hydrogens (tertiary/aromatic N) is 2. The number of halogens is 1. The van der Waals surface area contributed by atoms with Gasteiger partial charge in [0.05, 0.1) is 11.9 Å². The summed E-state index contributed by atoms with van der Waals surface area (Å²) in [5.41, 5.74) is 5.01. The summed E-state index contributed by atoms with van der Waals surface area (Å²) >= 11 is 0. The van der Waals surface area contributed by atoms with Crippen molar-refractivity contribution in [1.82, 2.24) is 9.88 Å². The molecule has 28 heavy (non-hydrogen) atoms. The Kier molecular flexibility index (Phi) is 5.12. The molecule has 4 heteroatoms. The second kappa shape index (κ2) is 7.70. The normalized spacial score (nSPS) is 16.7. The van der Waals surface area contributed by atoms with Crippen LogP contribution in [0, 0.1) is 19.7 Å². The van der Waals surface area contributed by atoms with Crippen LogP contribution in [0.15, 0.2) is 48.5 Å². The van der Waals surface area contributed by atoms with Crippen LogP contribution < -0.4 is 0 Å². The van der Waals surface area contributed by atoms with Crippen LogP contribution in [-0.4, -0.2) is 28.4 Å². The van der Waals surface area contributed by atoms with Gasteiger partial charge in [0.15, 0.2) is 0 Å². The predicted octanol–water partition coefficient (Wildman–Crippen LogP) is 4.77. The molecule has 0 spiro atoms. The molecule has 1 saturated heterocycles. The Morgan fingerprint density at radius 2 is 2.00 bits per heavy atom. The van der Waals surface area contributed by atoms with Crippen LogP contribution in [-0.2, 0) is 17.6 Å². The highest BCUT2D eigenvalue weighted by Crippen LogP contribution is 2.26. The molecule has 1 fully saturated rings. The second-order valence-corrected chi connectivity index (χ2v) is 7.71. The number of amides is 1. The molecular formula is C24H25FN2O. The van der Waals surface area contributed by atoms with E-state index < -0.39 is 0 Å². The third-order valence-electron chi connectivity index (χ3n) is 5.87. The van der Waals surface area contributed by atoms with Crippen molar-refractivity contribution in [2.75, 3.05) is 6.54 Å². The molecule has 3 aromatic rings. The molecule has 1 aliphatic rings. The maximum atomic E-state index is 13.5. The van der Waals surface area contributed by atoms with E-state index >= 15 is 0 Å². The van der Waals surface area contributed by atoms with Gasteiger partial charge < -0.3 is 4.90 Å². The van der Waals surface area contributed by atoms with Gasteiger partial charge in [-0.05, 0) is 68.0 Å². The number of fused-ring (bicyclic) bond motifs is 1. The first-order chi connectivity index (χ1) is 13.5. The van der Waals surface area contributed by atoms with Gasteiger partial charge in [0.25, 0.3) is 0 Å². The van der Waals surface area contributed by atoms with Crippen LogP contribution in [0.1, 0.15) is 35.2 Å². The Labute approximate surface area is 165 Å². The number of aryl methyl sites for hydroxylation is 2. The van der Waals surface area contributed by atoms with Gasteiger partial charge in [-0.1, -0.05) is 30.3 Å². The lowest BCUT2D eigenvalue weighted by Crippen LogP contribution is -2.38. The molecule has 1 aromatic heterocycles. The van der Waals surface area contributed by atoms with Gasteiger partial charge in [-0.3, -0.25) is 9.78 Å². The summed E-state index contributed by atoms with van der Waals surface area (Å²) in [6, 6.07) is 14.9. The van der Waals surface area contributed by atoms with Crippen LogP contribution >= 0.6 is 0 Å². The number of hydrogen-bond donors (Lipinski definition) is 0. The number of pyridine rings is 1. The maximum Gasteiger partial charge on any atom is 0.227 e. The quantitative estimate of drug-likeness (QED) is 0.657. The lowest BCUT2D eigenvalue weighted by Gasteiger charge is -2.26. The van der Waals surface area contributed by atoms with Gasteiger partial charge in [0.2, 0.25) is 5.91 Å². The Hall–Kier alpha value is -2.75. The minimum Gasteiger partial charge on any atom is -0.339 e. The summed E-state index contributed by atoms with van der Waals surface area (Å²) in [6.45, 7) is 4.84. The Bertz CT molecular complexity index is 1030. The predicted molar refractivity (Wildman–Crippen MR) is 110 cm³/mol. The van der Waals surface area contributed by atoms with E-state index in [-0.39, 0.29) is 17.8 Å². The molecule has 0 aliphatic carbocycles. The van der Waals surface area contributed by atoms with Crippen molar-refractivity contribution in [2.24, 2.45) is 0 Å². The van der Waals surface area contributed by atoms with E-state index in [2.05, 4.69) is 13.0 Å². The summed E-state index contributed by atoms with van der Waals surface area (Å²) in [6.07, 6.45) is 3.04. The first-order valence-electron chi connectivity index (χ1n) is 9.91. The van der Waals surface area contributed by atoms with Gasteiger partial charge in [0, 0.05) is 23.7 Å². The number of likely N-dealkylation sites (tertiary alicyclic amines) is 1. The summed E-state index contributed by atoms with van der Waals surface area (Å²) in [7, 11) is 0. The topological polar surface area (TPSA) is 33.2 Å². The zero-order valence-corrected chi connectivity index (χ0v) is 16.4. The summed E-state index contributed by atoms with van der Waals surface area (Å²) < 4.78 is 13.5. The number of hydrogen-bond acceptors (Lipinski definition) is 2. The van der Waals surface area contributed by atoms with E-state index in [1.807, 2.05) is 36.1 Å². The number of benzene rings is 2. The first-order valence-corrected chi connectivity index (χ1v) is 9.91. The van der Waals surface area contributed by atoms with Gasteiger partial charge in [-0.25, -0.2) is 4.39 Å². The molecule has 2 heterocycles. The highest BCUT2D eigenvalue weighted by atomic mass is 19.1. The molecule has 1 aliphatic heterocycles. The largest absolute Gasteiger partial charge is 0.339 e. The Balaban J connectivity index is 1.55. The molecule has 2 aromatic carbocycles. The van der Waals surface area contributed by atoms with E-state index in [4.69, 9.17) is 4.98 Å². The monoisotopic (exact) mass is 376 g/mol. The molecular weight excluding hydrogens is 351 g/mol. The Morgan fingerprint density at radius 3 is 2.82 bits per heavy atom. The average Bonchev–Trinajstić information content (AvgIpc) is 3.13. The molecule has 3 nitrogen and oxygen atoms in total. The van der Waals surface area contributed by atoms with Gasteiger partial charge in [-0.2, -0.15) is 0 Å². The average molecular weight is 376 g/mol. The summed E-state index contributed by atoms with van der Waals surface area (Å²) in [5.74, 6) is -0.0796. The second-order valence-electron chi connectivity index (χ2n) is 7.71. The lowest BCUT2D eigenvalue weighted by molar-refractivity contribution is -0.131. The van der Waals surface area contributed by atoms with Gasteiger partial charge in [-0.15, -0.1) is 0 Å². The van der Waals surface area contributed by atoms with Crippen LogP contribution in [0.5, 0.6) is 0 Å². The molecule has 1 amide bonds. The number of carbonyl (C=O) groups excluding carboxylic acids is 1. The smallest absolute Gasteiger partial charge is 0.227 e. The highest BCUT2D eigenvalue weighted by Gasteiger charge is 2.29. The van der Waals surface area contributed by atoms with Crippen molar-refractivity contribution < 1.29 is 9.18 Å².